The molecular formula is C17H18FNO3S. The third kappa shape index (κ3) is 5.83. The molecule has 4 nitrogen and oxygen atoms in total. The summed E-state index contributed by atoms with van der Waals surface area (Å²) in [6.45, 7) is 0.755. The van der Waals surface area contributed by atoms with Crippen LogP contribution in [0.4, 0.5) is 4.39 Å². The van der Waals surface area contributed by atoms with Crippen LogP contribution in [0.25, 0.3) is 0 Å². The summed E-state index contributed by atoms with van der Waals surface area (Å²) in [5.74, 6) is 1.17. The summed E-state index contributed by atoms with van der Waals surface area (Å²) in [5.41, 5.74) is 0. The van der Waals surface area contributed by atoms with Crippen LogP contribution in [-0.2, 0) is 4.79 Å². The molecule has 0 fully saturated rings. The number of nitrogens with one attached hydrogen (secondary N) is 1. The van der Waals surface area contributed by atoms with Crippen LogP contribution in [0, 0.1) is 5.82 Å². The molecule has 0 unspecified atom stereocenters. The molecule has 23 heavy (non-hydrogen) atoms. The highest BCUT2D eigenvalue weighted by Gasteiger charge is 2.06. The van der Waals surface area contributed by atoms with Crippen LogP contribution in [-0.4, -0.2) is 31.9 Å². The van der Waals surface area contributed by atoms with Gasteiger partial charge in [-0.05, 0) is 36.4 Å². The van der Waals surface area contributed by atoms with E-state index in [1.807, 2.05) is 0 Å². The summed E-state index contributed by atoms with van der Waals surface area (Å²) in [6, 6.07) is 13.6. The Kier molecular flexibility index (Phi) is 6.75. The molecule has 0 saturated carbocycles. The van der Waals surface area contributed by atoms with Crippen molar-refractivity contribution in [1.29, 1.82) is 0 Å². The Morgan fingerprint density at radius 2 is 1.83 bits per heavy atom. The summed E-state index contributed by atoms with van der Waals surface area (Å²) in [5, 5.41) is 2.73. The lowest BCUT2D eigenvalue weighted by atomic mass is 10.3. The number of hydrogen-bond acceptors (Lipinski definition) is 4. The van der Waals surface area contributed by atoms with Gasteiger partial charge in [0, 0.05) is 4.90 Å². The SMILES string of the molecule is COc1ccc(OCCNC(=O)CSc2ccccc2F)cc1. The van der Waals surface area contributed by atoms with Gasteiger partial charge in [0.25, 0.3) is 0 Å². The van der Waals surface area contributed by atoms with Gasteiger partial charge in [-0.25, -0.2) is 4.39 Å². The number of benzene rings is 2. The number of carbonyl (C=O) groups excluding carboxylic acids is 1. The Balaban J connectivity index is 1.63. The number of halogens is 1. The smallest absolute Gasteiger partial charge is 0.230 e. The maximum Gasteiger partial charge on any atom is 0.230 e. The topological polar surface area (TPSA) is 47.6 Å². The lowest BCUT2D eigenvalue weighted by molar-refractivity contribution is -0.118. The minimum Gasteiger partial charge on any atom is -0.497 e. The van der Waals surface area contributed by atoms with Crippen molar-refractivity contribution in [3.63, 3.8) is 0 Å². The first-order valence-corrected chi connectivity index (χ1v) is 8.08. The normalized spacial score (nSPS) is 10.2. The van der Waals surface area contributed by atoms with Crippen molar-refractivity contribution in [2.75, 3.05) is 26.0 Å². The number of thioether (sulfide) groups is 1. The molecule has 2 aromatic rings. The first-order valence-electron chi connectivity index (χ1n) is 7.10. The Bertz CT molecular complexity index is 634. The van der Waals surface area contributed by atoms with Gasteiger partial charge in [-0.2, -0.15) is 0 Å². The predicted molar refractivity (Wildman–Crippen MR) is 88.6 cm³/mol. The molecule has 0 aliphatic heterocycles. The van der Waals surface area contributed by atoms with Crippen LogP contribution in [0.2, 0.25) is 0 Å². The molecule has 2 rings (SSSR count). The van der Waals surface area contributed by atoms with Crippen LogP contribution < -0.4 is 14.8 Å². The Hall–Kier alpha value is -2.21. The Labute approximate surface area is 139 Å². The van der Waals surface area contributed by atoms with Gasteiger partial charge >= 0.3 is 0 Å². The van der Waals surface area contributed by atoms with Crippen molar-refractivity contribution >= 4 is 17.7 Å². The molecule has 2 aromatic carbocycles. The van der Waals surface area contributed by atoms with E-state index in [1.165, 1.54) is 17.8 Å². The maximum absolute atomic E-state index is 13.4. The number of rotatable bonds is 8. The van der Waals surface area contributed by atoms with E-state index in [0.29, 0.717) is 23.8 Å². The van der Waals surface area contributed by atoms with Gasteiger partial charge in [-0.3, -0.25) is 4.79 Å². The molecule has 122 valence electrons. The summed E-state index contributed by atoms with van der Waals surface area (Å²) in [6.07, 6.45) is 0. The van der Waals surface area contributed by atoms with Crippen LogP contribution in [0.1, 0.15) is 0 Å². The lowest BCUT2D eigenvalue weighted by Crippen LogP contribution is -2.29. The zero-order valence-corrected chi connectivity index (χ0v) is 13.6. The molecule has 1 amide bonds. The third-order valence-electron chi connectivity index (χ3n) is 2.95. The number of hydrogen-bond donors (Lipinski definition) is 1. The fraction of sp³-hybridized carbons (Fsp3) is 0.235. The van der Waals surface area contributed by atoms with E-state index in [9.17, 15) is 9.18 Å². The molecule has 0 spiro atoms. The molecular weight excluding hydrogens is 317 g/mol. The fourth-order valence-electron chi connectivity index (χ4n) is 1.79. The average molecular weight is 335 g/mol. The van der Waals surface area contributed by atoms with E-state index in [2.05, 4.69) is 5.32 Å². The number of amides is 1. The average Bonchev–Trinajstić information content (AvgIpc) is 2.58. The molecule has 0 saturated heterocycles. The van der Waals surface area contributed by atoms with Crippen molar-refractivity contribution in [2.24, 2.45) is 0 Å². The first kappa shape index (κ1) is 17.1. The second-order valence-corrected chi connectivity index (χ2v) is 5.61. The summed E-state index contributed by atoms with van der Waals surface area (Å²) in [4.78, 5) is 12.2. The molecule has 0 aromatic heterocycles. The van der Waals surface area contributed by atoms with E-state index in [-0.39, 0.29) is 17.5 Å². The van der Waals surface area contributed by atoms with Gasteiger partial charge in [0.15, 0.2) is 0 Å². The molecule has 0 bridgehead atoms. The minimum absolute atomic E-state index is 0.156. The standard InChI is InChI=1S/C17H18FNO3S/c1-21-13-6-8-14(9-7-13)22-11-10-19-17(20)12-23-16-5-3-2-4-15(16)18/h2-9H,10-12H2,1H3,(H,19,20). The quantitative estimate of drug-likeness (QED) is 0.595. The zero-order valence-electron chi connectivity index (χ0n) is 12.8. The second-order valence-electron chi connectivity index (χ2n) is 4.59. The van der Waals surface area contributed by atoms with Crippen molar-refractivity contribution in [3.05, 3.63) is 54.3 Å². The van der Waals surface area contributed by atoms with E-state index in [0.717, 1.165) is 5.75 Å². The van der Waals surface area contributed by atoms with Gasteiger partial charge in [-0.15, -0.1) is 11.8 Å². The van der Waals surface area contributed by atoms with Crippen molar-refractivity contribution in [3.8, 4) is 11.5 Å². The Morgan fingerprint density at radius 1 is 1.13 bits per heavy atom. The molecule has 0 aliphatic rings. The first-order chi connectivity index (χ1) is 11.2. The van der Waals surface area contributed by atoms with E-state index >= 15 is 0 Å². The highest BCUT2D eigenvalue weighted by molar-refractivity contribution is 8.00. The van der Waals surface area contributed by atoms with Gasteiger partial charge in [-0.1, -0.05) is 12.1 Å². The van der Waals surface area contributed by atoms with E-state index in [4.69, 9.17) is 9.47 Å². The highest BCUT2D eigenvalue weighted by atomic mass is 32.2. The number of methoxy groups -OCH3 is 1. The minimum atomic E-state index is -0.312. The van der Waals surface area contributed by atoms with Crippen LogP contribution in [0.3, 0.4) is 0 Å². The van der Waals surface area contributed by atoms with Crippen LogP contribution in [0.15, 0.2) is 53.4 Å². The molecule has 0 atom stereocenters. The number of ether oxygens (including phenoxy) is 2. The van der Waals surface area contributed by atoms with Gasteiger partial charge in [0.05, 0.1) is 19.4 Å². The summed E-state index contributed by atoms with van der Waals surface area (Å²) < 4.78 is 24.0. The van der Waals surface area contributed by atoms with E-state index < -0.39 is 0 Å². The summed E-state index contributed by atoms with van der Waals surface area (Å²) in [7, 11) is 1.60. The monoisotopic (exact) mass is 335 g/mol. The molecule has 0 heterocycles. The molecule has 0 aliphatic carbocycles. The highest BCUT2D eigenvalue weighted by Crippen LogP contribution is 2.20. The fourth-order valence-corrected chi connectivity index (χ4v) is 2.56. The number of carbonyl (C=O) groups is 1. The predicted octanol–water partition coefficient (Wildman–Crippen LogP) is 3.12. The zero-order chi connectivity index (χ0) is 16.5. The Morgan fingerprint density at radius 3 is 2.52 bits per heavy atom. The van der Waals surface area contributed by atoms with Crippen LogP contribution in [0.5, 0.6) is 11.5 Å². The van der Waals surface area contributed by atoms with Crippen LogP contribution >= 0.6 is 11.8 Å². The van der Waals surface area contributed by atoms with E-state index in [1.54, 1.807) is 49.6 Å². The molecule has 0 radical (unpaired) electrons. The maximum atomic E-state index is 13.4. The molecule has 1 N–H and O–H groups in total. The lowest BCUT2D eigenvalue weighted by Gasteiger charge is -2.08. The van der Waals surface area contributed by atoms with Gasteiger partial charge in [0.2, 0.25) is 5.91 Å². The molecule has 6 heteroatoms. The van der Waals surface area contributed by atoms with Gasteiger partial charge in [0.1, 0.15) is 23.9 Å². The van der Waals surface area contributed by atoms with Crippen molar-refractivity contribution in [1.82, 2.24) is 5.32 Å². The van der Waals surface area contributed by atoms with Gasteiger partial charge < -0.3 is 14.8 Å². The third-order valence-corrected chi connectivity index (χ3v) is 4.00. The second kappa shape index (κ2) is 9.05. The van der Waals surface area contributed by atoms with Crippen molar-refractivity contribution < 1.29 is 18.7 Å². The summed E-state index contributed by atoms with van der Waals surface area (Å²) >= 11 is 1.17. The van der Waals surface area contributed by atoms with Crippen molar-refractivity contribution in [2.45, 2.75) is 4.90 Å². The largest absolute Gasteiger partial charge is 0.497 e.